The molecule has 144 valence electrons. The second kappa shape index (κ2) is 7.84. The van der Waals surface area contributed by atoms with Crippen molar-refractivity contribution in [2.75, 3.05) is 52.4 Å². The number of ether oxygens (including phenoxy) is 1. The third kappa shape index (κ3) is 3.91. The van der Waals surface area contributed by atoms with E-state index in [0.717, 1.165) is 57.7 Å². The molecule has 4 rings (SSSR count). The summed E-state index contributed by atoms with van der Waals surface area (Å²) < 4.78 is 34.6. The van der Waals surface area contributed by atoms with Crippen molar-refractivity contribution in [3.63, 3.8) is 0 Å². The maximum atomic E-state index is 12.7. The van der Waals surface area contributed by atoms with Gasteiger partial charge in [-0.2, -0.15) is 17.0 Å². The molecule has 0 radical (unpaired) electrons. The van der Waals surface area contributed by atoms with Gasteiger partial charge in [0, 0.05) is 45.8 Å². The topological polar surface area (TPSA) is 53.1 Å². The van der Waals surface area contributed by atoms with Crippen molar-refractivity contribution < 1.29 is 13.2 Å². The summed E-state index contributed by atoms with van der Waals surface area (Å²) >= 11 is 0. The molecule has 0 amide bonds. The highest BCUT2D eigenvalue weighted by Crippen LogP contribution is 2.27. The molecule has 1 atom stereocenters. The average molecular weight is 380 g/mol. The number of rotatable bonds is 4. The molecule has 26 heavy (non-hydrogen) atoms. The third-order valence-corrected chi connectivity index (χ3v) is 7.87. The maximum absolute atomic E-state index is 12.7. The fourth-order valence-corrected chi connectivity index (χ4v) is 5.98. The van der Waals surface area contributed by atoms with Crippen LogP contribution in [0.4, 0.5) is 0 Å². The van der Waals surface area contributed by atoms with Crippen LogP contribution in [0, 0.1) is 5.92 Å². The summed E-state index contributed by atoms with van der Waals surface area (Å²) in [7, 11) is -3.24. The molecular weight excluding hydrogens is 350 g/mol. The molecule has 6 nitrogen and oxygen atoms in total. The van der Waals surface area contributed by atoms with E-state index in [4.69, 9.17) is 4.74 Å². The third-order valence-electron chi connectivity index (χ3n) is 5.83. The Morgan fingerprint density at radius 2 is 1.65 bits per heavy atom. The Morgan fingerprint density at radius 1 is 0.962 bits per heavy atom. The Bertz CT molecular complexity index is 710. The lowest BCUT2D eigenvalue weighted by atomic mass is 9.96. The van der Waals surface area contributed by atoms with Crippen LogP contribution in [0.1, 0.15) is 24.8 Å². The first-order valence-electron chi connectivity index (χ1n) is 9.81. The summed E-state index contributed by atoms with van der Waals surface area (Å²) in [5, 5.41) is 0. The van der Waals surface area contributed by atoms with Crippen molar-refractivity contribution in [1.82, 2.24) is 13.5 Å². The van der Waals surface area contributed by atoms with E-state index in [1.807, 2.05) is 6.07 Å². The standard InChI is InChI=1S/C19H29N3O3S/c23-26(24,21-8-3-4-9-21)22-12-10-20(11-13-22)16-17-7-14-25-19-6-2-1-5-18(19)15-17/h1-2,5-6,17H,3-4,7-16H2/t17-/m0/s1. The number of hydrogen-bond donors (Lipinski definition) is 0. The molecular formula is C19H29N3O3S. The molecule has 0 N–H and O–H groups in total. The van der Waals surface area contributed by atoms with E-state index in [1.165, 1.54) is 5.56 Å². The van der Waals surface area contributed by atoms with E-state index in [1.54, 1.807) is 8.61 Å². The van der Waals surface area contributed by atoms with Gasteiger partial charge in [-0.15, -0.1) is 0 Å². The highest BCUT2D eigenvalue weighted by Gasteiger charge is 2.34. The van der Waals surface area contributed by atoms with Crippen LogP contribution < -0.4 is 4.74 Å². The molecule has 7 heteroatoms. The molecule has 0 bridgehead atoms. The van der Waals surface area contributed by atoms with Crippen molar-refractivity contribution in [1.29, 1.82) is 0 Å². The highest BCUT2D eigenvalue weighted by molar-refractivity contribution is 7.86. The van der Waals surface area contributed by atoms with E-state index in [9.17, 15) is 8.42 Å². The Labute approximate surface area is 156 Å². The summed E-state index contributed by atoms with van der Waals surface area (Å²) in [6, 6.07) is 8.32. The molecule has 0 aromatic heterocycles. The maximum Gasteiger partial charge on any atom is 0.282 e. The first-order valence-corrected chi connectivity index (χ1v) is 11.2. The molecule has 0 unspecified atom stereocenters. The van der Waals surface area contributed by atoms with Crippen LogP contribution in [0.3, 0.4) is 0 Å². The van der Waals surface area contributed by atoms with Crippen molar-refractivity contribution in [2.45, 2.75) is 25.7 Å². The second-order valence-corrected chi connectivity index (χ2v) is 9.56. The zero-order valence-electron chi connectivity index (χ0n) is 15.3. The summed E-state index contributed by atoms with van der Waals surface area (Å²) in [5.74, 6) is 1.59. The molecule has 3 aliphatic heterocycles. The van der Waals surface area contributed by atoms with Crippen LogP contribution in [0.25, 0.3) is 0 Å². The number of benzene rings is 1. The molecule has 3 aliphatic rings. The SMILES string of the molecule is O=S(=O)(N1CCCC1)N1CCN(C[C@H]2CCOc3ccccc3C2)CC1. The fraction of sp³-hybridized carbons (Fsp3) is 0.684. The fourth-order valence-electron chi connectivity index (χ4n) is 4.31. The molecule has 3 heterocycles. The molecule has 1 aromatic rings. The van der Waals surface area contributed by atoms with Gasteiger partial charge in [-0.25, -0.2) is 0 Å². The Hall–Kier alpha value is -1.15. The summed E-state index contributed by atoms with van der Waals surface area (Å²) in [6.07, 6.45) is 4.08. The lowest BCUT2D eigenvalue weighted by Crippen LogP contribution is -2.53. The lowest BCUT2D eigenvalue weighted by Gasteiger charge is -2.37. The zero-order valence-corrected chi connectivity index (χ0v) is 16.2. The van der Waals surface area contributed by atoms with Gasteiger partial charge in [0.2, 0.25) is 0 Å². The van der Waals surface area contributed by atoms with Gasteiger partial charge >= 0.3 is 0 Å². The van der Waals surface area contributed by atoms with Crippen LogP contribution >= 0.6 is 0 Å². The normalized spacial score (nSPS) is 26.2. The van der Waals surface area contributed by atoms with E-state index in [0.29, 0.717) is 32.1 Å². The predicted octanol–water partition coefficient (Wildman–Crippen LogP) is 1.59. The van der Waals surface area contributed by atoms with E-state index in [-0.39, 0.29) is 0 Å². The van der Waals surface area contributed by atoms with Crippen molar-refractivity contribution in [2.24, 2.45) is 5.92 Å². The number of hydrogen-bond acceptors (Lipinski definition) is 4. The van der Waals surface area contributed by atoms with Crippen molar-refractivity contribution in [3.05, 3.63) is 29.8 Å². The average Bonchev–Trinajstić information content (AvgIpc) is 3.12. The highest BCUT2D eigenvalue weighted by atomic mass is 32.2. The first-order chi connectivity index (χ1) is 12.6. The Balaban J connectivity index is 1.31. The summed E-state index contributed by atoms with van der Waals surface area (Å²) in [6.45, 7) is 6.03. The number of para-hydroxylation sites is 1. The van der Waals surface area contributed by atoms with Crippen LogP contribution in [0.5, 0.6) is 5.75 Å². The molecule has 1 aromatic carbocycles. The minimum absolute atomic E-state index is 0.570. The predicted molar refractivity (Wildman–Crippen MR) is 101 cm³/mol. The zero-order chi connectivity index (χ0) is 18.0. The van der Waals surface area contributed by atoms with Gasteiger partial charge in [-0.1, -0.05) is 18.2 Å². The number of piperazine rings is 1. The lowest BCUT2D eigenvalue weighted by molar-refractivity contribution is 0.153. The monoisotopic (exact) mass is 379 g/mol. The van der Waals surface area contributed by atoms with Crippen LogP contribution in [-0.2, 0) is 16.6 Å². The van der Waals surface area contributed by atoms with Crippen LogP contribution in [0.2, 0.25) is 0 Å². The first kappa shape index (κ1) is 18.2. The van der Waals surface area contributed by atoms with Crippen LogP contribution in [0.15, 0.2) is 24.3 Å². The van der Waals surface area contributed by atoms with Gasteiger partial charge in [0.1, 0.15) is 5.75 Å². The molecule has 0 aliphatic carbocycles. The number of fused-ring (bicyclic) bond motifs is 1. The second-order valence-electron chi connectivity index (χ2n) is 7.63. The van der Waals surface area contributed by atoms with Gasteiger partial charge in [0.15, 0.2) is 0 Å². The minimum Gasteiger partial charge on any atom is -0.493 e. The minimum atomic E-state index is -3.24. The Kier molecular flexibility index (Phi) is 5.50. The van der Waals surface area contributed by atoms with E-state index >= 15 is 0 Å². The quantitative estimate of drug-likeness (QED) is 0.797. The van der Waals surface area contributed by atoms with E-state index < -0.39 is 10.2 Å². The van der Waals surface area contributed by atoms with Gasteiger partial charge in [-0.05, 0) is 43.2 Å². The molecule has 2 saturated heterocycles. The molecule has 0 spiro atoms. The summed E-state index contributed by atoms with van der Waals surface area (Å²) in [5.41, 5.74) is 1.30. The van der Waals surface area contributed by atoms with Crippen LogP contribution in [-0.4, -0.2) is 74.3 Å². The van der Waals surface area contributed by atoms with Gasteiger partial charge in [0.25, 0.3) is 10.2 Å². The van der Waals surface area contributed by atoms with Gasteiger partial charge in [-0.3, -0.25) is 0 Å². The van der Waals surface area contributed by atoms with E-state index in [2.05, 4.69) is 23.1 Å². The van der Waals surface area contributed by atoms with Gasteiger partial charge < -0.3 is 9.64 Å². The van der Waals surface area contributed by atoms with Gasteiger partial charge in [0.05, 0.1) is 6.61 Å². The van der Waals surface area contributed by atoms with Crippen molar-refractivity contribution in [3.8, 4) is 5.75 Å². The molecule has 0 saturated carbocycles. The Morgan fingerprint density at radius 3 is 2.42 bits per heavy atom. The summed E-state index contributed by atoms with van der Waals surface area (Å²) in [4.78, 5) is 2.43. The number of nitrogens with zero attached hydrogens (tertiary/aromatic N) is 3. The smallest absolute Gasteiger partial charge is 0.282 e. The van der Waals surface area contributed by atoms with Crippen molar-refractivity contribution >= 4 is 10.2 Å². The largest absolute Gasteiger partial charge is 0.493 e. The molecule has 2 fully saturated rings.